The van der Waals surface area contributed by atoms with Crippen molar-refractivity contribution in [3.63, 3.8) is 0 Å². The van der Waals surface area contributed by atoms with E-state index >= 15 is 0 Å². The fraction of sp³-hybridized carbons (Fsp3) is 0.520. The maximum atomic E-state index is 13.7. The van der Waals surface area contributed by atoms with E-state index in [4.69, 9.17) is 4.74 Å². The van der Waals surface area contributed by atoms with Crippen molar-refractivity contribution in [2.45, 2.75) is 47.1 Å². The van der Waals surface area contributed by atoms with E-state index in [2.05, 4.69) is 22.1 Å². The van der Waals surface area contributed by atoms with Crippen LogP contribution >= 0.6 is 0 Å². The van der Waals surface area contributed by atoms with Crippen LogP contribution < -0.4 is 5.32 Å². The average Bonchev–Trinajstić information content (AvgIpc) is 3.30. The third-order valence-electron chi connectivity index (χ3n) is 5.10. The molecule has 0 spiro atoms. The fourth-order valence-electron chi connectivity index (χ4n) is 3.36. The Bertz CT molecular complexity index is 1020. The number of nitrogens with zero attached hydrogens (tertiary/aromatic N) is 2. The Labute approximate surface area is 206 Å². The van der Waals surface area contributed by atoms with Gasteiger partial charge in [0.15, 0.2) is 6.29 Å². The van der Waals surface area contributed by atoms with Crippen molar-refractivity contribution in [1.29, 1.82) is 0 Å². The van der Waals surface area contributed by atoms with Gasteiger partial charge in [0.05, 0.1) is 16.6 Å². The smallest absolute Gasteiger partial charge is 0.410 e. The quantitative estimate of drug-likeness (QED) is 0.383. The van der Waals surface area contributed by atoms with Crippen molar-refractivity contribution in [2.24, 2.45) is 0 Å². The molecular weight excluding hydrogens is 455 g/mol. The molecule has 1 aliphatic rings. The molecule has 9 nitrogen and oxygen atoms in total. The van der Waals surface area contributed by atoms with Gasteiger partial charge in [-0.15, -0.1) is 0 Å². The third kappa shape index (κ3) is 8.17. The van der Waals surface area contributed by atoms with Crippen LogP contribution in [-0.2, 0) is 9.53 Å². The second-order valence-electron chi connectivity index (χ2n) is 8.51. The topological polar surface area (TPSA) is 112 Å². The Morgan fingerprint density at radius 2 is 1.71 bits per heavy atom. The summed E-state index contributed by atoms with van der Waals surface area (Å²) in [4.78, 5) is 51.8. The summed E-state index contributed by atoms with van der Waals surface area (Å²) in [6.45, 7) is 16.4. The summed E-state index contributed by atoms with van der Waals surface area (Å²) in [5, 5.41) is 2.36. The number of ketones is 1. The summed E-state index contributed by atoms with van der Waals surface area (Å²) in [6, 6.07) is 2.39. The molecule has 0 aliphatic carbocycles. The minimum atomic E-state index is -0.839. The molecule has 0 atom stereocenters. The molecule has 1 aliphatic heterocycles. The maximum Gasteiger partial charge on any atom is 0.410 e. The highest BCUT2D eigenvalue weighted by atomic mass is 19.1. The number of hydrogen-bond donors (Lipinski definition) is 2. The van der Waals surface area contributed by atoms with Crippen LogP contribution in [0.5, 0.6) is 0 Å². The molecule has 1 fully saturated rings. The van der Waals surface area contributed by atoms with Crippen molar-refractivity contribution in [3.8, 4) is 0 Å². The largest absolute Gasteiger partial charge is 0.444 e. The number of Topliss-reactive ketones (excluding diaryl/α,β-unsaturated/α-hetero) is 1. The lowest BCUT2D eigenvalue weighted by atomic mass is 10.1. The Hall–Kier alpha value is -3.27. The number of aromatic nitrogens is 1. The van der Waals surface area contributed by atoms with Gasteiger partial charge < -0.3 is 24.8 Å². The zero-order chi connectivity index (χ0) is 26.8. The number of carbonyl (C=O) groups excluding carboxylic acids is 4. The van der Waals surface area contributed by atoms with E-state index in [0.717, 1.165) is 38.8 Å². The van der Waals surface area contributed by atoms with Crippen LogP contribution in [0.15, 0.2) is 18.3 Å². The van der Waals surface area contributed by atoms with Crippen molar-refractivity contribution < 1.29 is 28.3 Å². The molecule has 1 aromatic carbocycles. The molecule has 2 amide bonds. The molecule has 0 radical (unpaired) electrons. The van der Waals surface area contributed by atoms with Gasteiger partial charge in [0, 0.05) is 44.8 Å². The molecule has 0 bridgehead atoms. The number of halogens is 1. The summed E-state index contributed by atoms with van der Waals surface area (Å²) in [6.07, 6.45) is 1.14. The first-order chi connectivity index (χ1) is 16.5. The van der Waals surface area contributed by atoms with Crippen LogP contribution in [0.25, 0.3) is 10.9 Å². The highest BCUT2D eigenvalue weighted by molar-refractivity contribution is 6.36. The van der Waals surface area contributed by atoms with Gasteiger partial charge in [-0.1, -0.05) is 20.8 Å². The lowest BCUT2D eigenvalue weighted by Gasteiger charge is -2.35. The van der Waals surface area contributed by atoms with E-state index in [0.29, 0.717) is 0 Å². The Morgan fingerprint density at radius 3 is 2.20 bits per heavy atom. The van der Waals surface area contributed by atoms with Gasteiger partial charge in [-0.3, -0.25) is 14.4 Å². The molecule has 10 heteroatoms. The first kappa shape index (κ1) is 29.8. The molecule has 2 aromatic rings. The summed E-state index contributed by atoms with van der Waals surface area (Å²) < 4.78 is 19.0. The number of piperazine rings is 1. The summed E-state index contributed by atoms with van der Waals surface area (Å²) in [7, 11) is 1.44. The predicted octanol–water partition coefficient (Wildman–Crippen LogP) is 3.63. The zero-order valence-corrected chi connectivity index (χ0v) is 21.7. The third-order valence-corrected chi connectivity index (χ3v) is 5.10. The number of aldehydes is 1. The van der Waals surface area contributed by atoms with E-state index in [1.807, 2.05) is 34.6 Å². The van der Waals surface area contributed by atoms with Gasteiger partial charge in [-0.05, 0) is 39.4 Å². The Kier molecular flexibility index (Phi) is 11.5. The average molecular weight is 493 g/mol. The van der Waals surface area contributed by atoms with Crippen LogP contribution in [0, 0.1) is 5.82 Å². The molecule has 0 saturated carbocycles. The van der Waals surface area contributed by atoms with Crippen molar-refractivity contribution in [1.82, 2.24) is 20.1 Å². The monoisotopic (exact) mass is 492 g/mol. The number of H-pyrrole nitrogens is 1. The van der Waals surface area contributed by atoms with Gasteiger partial charge in [0.2, 0.25) is 5.78 Å². The maximum absolute atomic E-state index is 13.7. The minimum absolute atomic E-state index is 0.0480. The summed E-state index contributed by atoms with van der Waals surface area (Å²) in [5.41, 5.74) is -0.0689. The number of nitrogens with one attached hydrogen (secondary N) is 2. The Morgan fingerprint density at radius 1 is 1.11 bits per heavy atom. The van der Waals surface area contributed by atoms with Crippen molar-refractivity contribution in [3.05, 3.63) is 35.3 Å². The van der Waals surface area contributed by atoms with Gasteiger partial charge in [0.1, 0.15) is 11.4 Å². The molecule has 35 heavy (non-hydrogen) atoms. The molecule has 3 rings (SSSR count). The van der Waals surface area contributed by atoms with Crippen LogP contribution in [0.2, 0.25) is 0 Å². The van der Waals surface area contributed by atoms with Crippen LogP contribution in [0.1, 0.15) is 62.3 Å². The van der Waals surface area contributed by atoms with E-state index in [9.17, 15) is 23.6 Å². The van der Waals surface area contributed by atoms with E-state index in [-0.39, 0.29) is 40.0 Å². The molecular formula is C25H37FN4O5. The molecule has 0 unspecified atom stereocenters. The van der Waals surface area contributed by atoms with E-state index in [1.54, 1.807) is 4.90 Å². The Balaban J connectivity index is 0.000000332. The molecule has 1 aromatic heterocycles. The van der Waals surface area contributed by atoms with Crippen LogP contribution in [-0.4, -0.2) is 84.2 Å². The van der Waals surface area contributed by atoms with E-state index in [1.165, 1.54) is 19.3 Å². The number of likely N-dealkylation sites (N-methyl/N-ethyl adjacent to an activating group) is 1. The van der Waals surface area contributed by atoms with Crippen molar-refractivity contribution in [2.75, 3.05) is 39.8 Å². The van der Waals surface area contributed by atoms with Gasteiger partial charge >= 0.3 is 6.09 Å². The molecule has 1 saturated heterocycles. The number of hydrogen-bond acceptors (Lipinski definition) is 6. The second-order valence-corrected chi connectivity index (χ2v) is 8.51. The number of ether oxygens (including phenoxy) is 1. The number of fused-ring (bicyclic) bond motifs is 1. The standard InChI is InChI=1S/C12H9FN2O3.C11H22N2O2.C2H6/c1-14-12(18)6-2-3-8(13)10-7(9(17)5-16)4-15-11(6)10;1-5-12-6-8-13(9-7-12)10(14)15-11(2,3)4;1-2/h2-5,15H,1H3,(H,14,18);5-9H2,1-4H3;1-2H3. The summed E-state index contributed by atoms with van der Waals surface area (Å²) >= 11 is 0. The number of rotatable bonds is 4. The zero-order valence-electron chi connectivity index (χ0n) is 21.7. The van der Waals surface area contributed by atoms with Crippen molar-refractivity contribution >= 4 is 35.0 Å². The first-order valence-electron chi connectivity index (χ1n) is 11.7. The van der Waals surface area contributed by atoms with E-state index < -0.39 is 17.5 Å². The lowest BCUT2D eigenvalue weighted by molar-refractivity contribution is -0.104. The van der Waals surface area contributed by atoms with Gasteiger partial charge in [-0.25, -0.2) is 9.18 Å². The normalized spacial score (nSPS) is 13.7. The minimum Gasteiger partial charge on any atom is -0.444 e. The van der Waals surface area contributed by atoms with Gasteiger partial charge in [-0.2, -0.15) is 0 Å². The fourth-order valence-corrected chi connectivity index (χ4v) is 3.36. The number of benzene rings is 1. The van der Waals surface area contributed by atoms with Crippen LogP contribution in [0.4, 0.5) is 9.18 Å². The highest BCUT2D eigenvalue weighted by Gasteiger charge is 2.25. The lowest BCUT2D eigenvalue weighted by Crippen LogP contribution is -2.49. The predicted molar refractivity (Wildman–Crippen MR) is 133 cm³/mol. The number of aromatic amines is 1. The molecule has 2 N–H and O–H groups in total. The molecule has 194 valence electrons. The number of amides is 2. The number of carbonyl (C=O) groups is 4. The first-order valence-corrected chi connectivity index (χ1v) is 11.7. The highest BCUT2D eigenvalue weighted by Crippen LogP contribution is 2.25. The summed E-state index contributed by atoms with van der Waals surface area (Å²) in [5.74, 6) is -1.91. The second kappa shape index (κ2) is 13.6. The van der Waals surface area contributed by atoms with Gasteiger partial charge in [0.25, 0.3) is 5.91 Å². The molecule has 2 heterocycles. The SMILES string of the molecule is CC.CCN1CCN(C(=O)OC(C)(C)C)CC1.CNC(=O)c1ccc(F)c2c(C(=O)C=O)c[nH]c12. The van der Waals surface area contributed by atoms with Crippen LogP contribution in [0.3, 0.4) is 0 Å².